The molecule has 0 aliphatic rings. The Morgan fingerprint density at radius 2 is 1.31 bits per heavy atom. The second-order valence-electron chi connectivity index (χ2n) is 8.54. The quantitative estimate of drug-likeness (QED) is 0.299. The number of fused-ring (bicyclic) bond motifs is 3. The van der Waals surface area contributed by atoms with Gasteiger partial charge in [0.05, 0.1) is 0 Å². The van der Waals surface area contributed by atoms with Crippen LogP contribution in [0.25, 0.3) is 38.8 Å². The van der Waals surface area contributed by atoms with E-state index in [0.29, 0.717) is 0 Å². The van der Waals surface area contributed by atoms with Gasteiger partial charge in [-0.05, 0) is 0 Å². The van der Waals surface area contributed by atoms with E-state index in [1.54, 1.807) is 0 Å². The first-order chi connectivity index (χ1) is 14.1. The standard InChI is InChI=1S/C26H24GeN2/c1-27(2,3)23-16-10-15-21-22-17-18-28-24(19-11-6-4-7-12-19)26(22)29(25(21)23)20-13-8-5-9-14-20/h4-18H,1-3H3. The first-order valence-corrected chi connectivity index (χ1v) is 17.4. The van der Waals surface area contributed by atoms with Crippen LogP contribution >= 0.6 is 0 Å². The zero-order valence-corrected chi connectivity index (χ0v) is 19.2. The van der Waals surface area contributed by atoms with Crippen LogP contribution in [0.1, 0.15) is 0 Å². The molecule has 0 saturated heterocycles. The Morgan fingerprint density at radius 1 is 0.655 bits per heavy atom. The van der Waals surface area contributed by atoms with Crippen molar-refractivity contribution in [2.75, 3.05) is 0 Å². The van der Waals surface area contributed by atoms with Crippen molar-refractivity contribution in [3.63, 3.8) is 0 Å². The molecule has 2 nitrogen and oxygen atoms in total. The first-order valence-electron chi connectivity index (χ1n) is 10.1. The molecule has 0 saturated carbocycles. The normalized spacial score (nSPS) is 12.0. The van der Waals surface area contributed by atoms with Gasteiger partial charge in [0, 0.05) is 0 Å². The van der Waals surface area contributed by atoms with Gasteiger partial charge in [0.15, 0.2) is 0 Å². The summed E-state index contributed by atoms with van der Waals surface area (Å²) in [5, 5.41) is 2.59. The molecule has 2 aromatic heterocycles. The summed E-state index contributed by atoms with van der Waals surface area (Å²) in [5.74, 6) is 7.41. The zero-order chi connectivity index (χ0) is 20.0. The average molecular weight is 437 g/mol. The Hall–Kier alpha value is -2.85. The van der Waals surface area contributed by atoms with E-state index < -0.39 is 13.3 Å². The van der Waals surface area contributed by atoms with Crippen LogP contribution in [0, 0.1) is 0 Å². The van der Waals surface area contributed by atoms with Crippen LogP contribution in [0.2, 0.25) is 17.3 Å². The van der Waals surface area contributed by atoms with E-state index in [4.69, 9.17) is 4.98 Å². The fourth-order valence-electron chi connectivity index (χ4n) is 4.26. The number of hydrogen-bond acceptors (Lipinski definition) is 1. The van der Waals surface area contributed by atoms with Crippen LogP contribution in [0.5, 0.6) is 0 Å². The molecule has 0 amide bonds. The van der Waals surface area contributed by atoms with Gasteiger partial charge >= 0.3 is 174 Å². The van der Waals surface area contributed by atoms with Crippen molar-refractivity contribution < 1.29 is 0 Å². The fraction of sp³-hybridized carbons (Fsp3) is 0.115. The summed E-state index contributed by atoms with van der Waals surface area (Å²) >= 11 is -2.12. The van der Waals surface area contributed by atoms with Crippen LogP contribution < -0.4 is 4.40 Å². The number of aromatic nitrogens is 2. The summed E-state index contributed by atoms with van der Waals surface area (Å²) in [5.41, 5.74) is 5.93. The van der Waals surface area contributed by atoms with Gasteiger partial charge in [-0.1, -0.05) is 0 Å². The van der Waals surface area contributed by atoms with Crippen LogP contribution in [0.4, 0.5) is 0 Å². The van der Waals surface area contributed by atoms with Crippen LogP contribution in [0.3, 0.4) is 0 Å². The molecule has 0 N–H and O–H groups in total. The molecule has 0 radical (unpaired) electrons. The molecule has 0 aliphatic heterocycles. The third-order valence-electron chi connectivity index (χ3n) is 5.57. The summed E-state index contributed by atoms with van der Waals surface area (Å²) in [6.07, 6.45) is 1.95. The van der Waals surface area contributed by atoms with Gasteiger partial charge in [-0.2, -0.15) is 0 Å². The van der Waals surface area contributed by atoms with Crippen molar-refractivity contribution in [3.8, 4) is 16.9 Å². The number of benzene rings is 3. The van der Waals surface area contributed by atoms with E-state index in [2.05, 4.69) is 107 Å². The zero-order valence-electron chi connectivity index (χ0n) is 17.1. The molecule has 3 heteroatoms. The van der Waals surface area contributed by atoms with E-state index in [0.717, 1.165) is 11.3 Å². The summed E-state index contributed by atoms with van der Waals surface area (Å²) in [6.45, 7) is 0. The van der Waals surface area contributed by atoms with E-state index in [9.17, 15) is 0 Å². The van der Waals surface area contributed by atoms with Crippen LogP contribution in [-0.4, -0.2) is 22.8 Å². The molecule has 2 heterocycles. The second-order valence-corrected chi connectivity index (χ2v) is 19.1. The Balaban J connectivity index is 2.03. The Bertz CT molecular complexity index is 1310. The van der Waals surface area contributed by atoms with E-state index in [-0.39, 0.29) is 0 Å². The predicted molar refractivity (Wildman–Crippen MR) is 127 cm³/mol. The molecule has 0 aliphatic carbocycles. The molecule has 0 atom stereocenters. The molecule has 0 unspecified atom stereocenters. The molecule has 142 valence electrons. The third-order valence-corrected chi connectivity index (χ3v) is 9.80. The second kappa shape index (κ2) is 6.89. The molecular weight excluding hydrogens is 413 g/mol. The topological polar surface area (TPSA) is 17.8 Å². The number of pyridine rings is 1. The molecule has 3 aromatic carbocycles. The average Bonchev–Trinajstić information content (AvgIpc) is 3.09. The van der Waals surface area contributed by atoms with Crippen molar-refractivity contribution in [2.45, 2.75) is 17.3 Å². The van der Waals surface area contributed by atoms with Gasteiger partial charge in [-0.25, -0.2) is 0 Å². The van der Waals surface area contributed by atoms with E-state index in [1.165, 1.54) is 31.9 Å². The van der Waals surface area contributed by atoms with Gasteiger partial charge in [0.25, 0.3) is 0 Å². The Labute approximate surface area is 174 Å². The molecule has 29 heavy (non-hydrogen) atoms. The third kappa shape index (κ3) is 2.99. The van der Waals surface area contributed by atoms with Crippen molar-refractivity contribution in [1.82, 2.24) is 9.55 Å². The van der Waals surface area contributed by atoms with Crippen LogP contribution in [-0.2, 0) is 0 Å². The molecule has 0 bridgehead atoms. The molecule has 0 fully saturated rings. The van der Waals surface area contributed by atoms with Gasteiger partial charge in [0.1, 0.15) is 0 Å². The number of para-hydroxylation sites is 2. The summed E-state index contributed by atoms with van der Waals surface area (Å²) in [4.78, 5) is 4.84. The van der Waals surface area contributed by atoms with Crippen molar-refractivity contribution in [1.29, 1.82) is 0 Å². The van der Waals surface area contributed by atoms with Gasteiger partial charge in [0.2, 0.25) is 0 Å². The SMILES string of the molecule is [CH3][Ge]([CH3])([CH3])[c]1cccc2c3ccnc(-c4ccccc4)c3n(-c3ccccc3)c12. The summed E-state index contributed by atoms with van der Waals surface area (Å²) in [6, 6.07) is 30.3. The minimum atomic E-state index is -2.12. The Morgan fingerprint density at radius 3 is 2.00 bits per heavy atom. The fourth-order valence-corrected chi connectivity index (χ4v) is 7.52. The number of rotatable bonds is 3. The minimum absolute atomic E-state index is 1.04. The first kappa shape index (κ1) is 18.2. The predicted octanol–water partition coefficient (Wildman–Crippen LogP) is 6.39. The van der Waals surface area contributed by atoms with Crippen molar-refractivity contribution in [2.24, 2.45) is 0 Å². The van der Waals surface area contributed by atoms with Crippen LogP contribution in [0.15, 0.2) is 91.1 Å². The van der Waals surface area contributed by atoms with Gasteiger partial charge < -0.3 is 0 Å². The maximum atomic E-state index is 4.84. The van der Waals surface area contributed by atoms with Crippen molar-refractivity contribution >= 4 is 39.5 Å². The van der Waals surface area contributed by atoms with Crippen molar-refractivity contribution in [3.05, 3.63) is 91.1 Å². The van der Waals surface area contributed by atoms with E-state index in [1.807, 2.05) is 6.20 Å². The maximum absolute atomic E-state index is 4.84. The molecule has 0 spiro atoms. The Kier molecular flexibility index (Phi) is 4.32. The number of hydrogen-bond donors (Lipinski definition) is 0. The molecule has 5 rings (SSSR count). The molecular formula is C26H24GeN2. The van der Waals surface area contributed by atoms with Gasteiger partial charge in [-0.3, -0.25) is 0 Å². The van der Waals surface area contributed by atoms with Gasteiger partial charge in [-0.15, -0.1) is 0 Å². The number of nitrogens with zero attached hydrogens (tertiary/aromatic N) is 2. The van der Waals surface area contributed by atoms with E-state index >= 15 is 0 Å². The summed E-state index contributed by atoms with van der Waals surface area (Å²) < 4.78 is 3.98. The molecule has 5 aromatic rings. The monoisotopic (exact) mass is 438 g/mol. The summed E-state index contributed by atoms with van der Waals surface area (Å²) in [7, 11) is 0.